The lowest BCUT2D eigenvalue weighted by Gasteiger charge is -2.13. The van der Waals surface area contributed by atoms with Crippen molar-refractivity contribution in [1.82, 2.24) is 8.97 Å². The molecule has 1 aliphatic carbocycles. The number of aromatic nitrogens is 2. The van der Waals surface area contributed by atoms with Crippen molar-refractivity contribution in [3.05, 3.63) is 145 Å². The maximum atomic E-state index is 2.48. The fourth-order valence-electron chi connectivity index (χ4n) is 8.77. The summed E-state index contributed by atoms with van der Waals surface area (Å²) in [6.45, 7) is 0. The third kappa shape index (κ3) is 2.92. The molecule has 0 radical (unpaired) electrons. The molecular formula is C44H24N2S. The van der Waals surface area contributed by atoms with Crippen LogP contribution < -0.4 is 0 Å². The Morgan fingerprint density at radius 1 is 0.404 bits per heavy atom. The van der Waals surface area contributed by atoms with Crippen molar-refractivity contribution in [3.8, 4) is 39.1 Å². The highest BCUT2D eigenvalue weighted by Gasteiger charge is 2.24. The normalized spacial score (nSPS) is 12.7. The first-order chi connectivity index (χ1) is 23.3. The second-order valence-electron chi connectivity index (χ2n) is 12.9. The average molecular weight is 613 g/mol. The number of thiophene rings is 1. The lowest BCUT2D eigenvalue weighted by atomic mass is 9.99. The lowest BCUT2D eigenvalue weighted by Crippen LogP contribution is -1.95. The number of para-hydroxylation sites is 2. The Hall–Kier alpha value is -5.90. The number of hydrogen-bond donors (Lipinski definition) is 0. The zero-order valence-corrected chi connectivity index (χ0v) is 26.0. The zero-order valence-electron chi connectivity index (χ0n) is 25.2. The van der Waals surface area contributed by atoms with E-state index >= 15 is 0 Å². The van der Waals surface area contributed by atoms with Gasteiger partial charge in [-0.15, -0.1) is 11.3 Å². The molecule has 0 N–H and O–H groups in total. The SMILES string of the molecule is c1ccc2c(c1)-c1cccc3c(-n4c5ccccc5c5cc(-c6cc7c8ccccc8n8c9ccsc9c(c6)c78)ccc54)ccc-2c13. The van der Waals surface area contributed by atoms with Crippen LogP contribution in [-0.2, 0) is 0 Å². The molecule has 47 heavy (non-hydrogen) atoms. The van der Waals surface area contributed by atoms with Crippen LogP contribution >= 0.6 is 11.3 Å². The molecular weight excluding hydrogens is 589 g/mol. The fraction of sp³-hybridized carbons (Fsp3) is 0. The summed E-state index contributed by atoms with van der Waals surface area (Å²) in [6, 6.07) is 52.2. The van der Waals surface area contributed by atoms with Crippen LogP contribution in [-0.4, -0.2) is 8.97 Å². The summed E-state index contributed by atoms with van der Waals surface area (Å²) in [6.07, 6.45) is 0. The van der Waals surface area contributed by atoms with E-state index in [2.05, 4.69) is 154 Å². The van der Waals surface area contributed by atoms with Crippen LogP contribution in [0.2, 0.25) is 0 Å². The number of hydrogen-bond acceptors (Lipinski definition) is 1. The molecule has 4 heterocycles. The minimum absolute atomic E-state index is 1.23. The lowest BCUT2D eigenvalue weighted by molar-refractivity contribution is 1.20. The van der Waals surface area contributed by atoms with Crippen molar-refractivity contribution in [1.29, 1.82) is 0 Å². The minimum atomic E-state index is 1.23. The molecule has 11 aromatic rings. The second kappa shape index (κ2) is 8.47. The molecule has 0 amide bonds. The van der Waals surface area contributed by atoms with Crippen molar-refractivity contribution in [2.45, 2.75) is 0 Å². The predicted octanol–water partition coefficient (Wildman–Crippen LogP) is 12.5. The quantitative estimate of drug-likeness (QED) is 0.184. The van der Waals surface area contributed by atoms with Crippen molar-refractivity contribution in [2.24, 2.45) is 0 Å². The van der Waals surface area contributed by atoms with Gasteiger partial charge in [0.15, 0.2) is 0 Å². The molecule has 0 saturated carbocycles. The van der Waals surface area contributed by atoms with Crippen molar-refractivity contribution < 1.29 is 0 Å². The van der Waals surface area contributed by atoms with Gasteiger partial charge in [-0.25, -0.2) is 0 Å². The standard InChI is InChI=1S/C44H24N2S/c1-2-9-28-27(8-1)31-12-7-13-33-39(19-17-32(28)42(31)33)45-37-14-5-3-10-29(37)34-22-25(16-18-40(34)45)26-23-35-30-11-4-6-15-38(30)46-41-20-21-47-44(41)36(24-26)43(35)46/h1-24H. The molecule has 12 rings (SSSR count). The van der Waals surface area contributed by atoms with E-state index in [9.17, 15) is 0 Å². The Morgan fingerprint density at radius 2 is 1.06 bits per heavy atom. The third-order valence-corrected chi connectivity index (χ3v) is 11.6. The first-order valence-corrected chi connectivity index (χ1v) is 17.1. The molecule has 2 nitrogen and oxygen atoms in total. The second-order valence-corrected chi connectivity index (χ2v) is 13.8. The summed E-state index contributed by atoms with van der Waals surface area (Å²) in [5.41, 5.74) is 15.4. The Kier molecular flexibility index (Phi) is 4.39. The highest BCUT2D eigenvalue weighted by molar-refractivity contribution is 7.18. The van der Waals surface area contributed by atoms with E-state index in [4.69, 9.17) is 0 Å². The fourth-order valence-corrected chi connectivity index (χ4v) is 9.66. The Labute approximate surface area is 273 Å². The summed E-state index contributed by atoms with van der Waals surface area (Å²) >= 11 is 1.84. The van der Waals surface area contributed by atoms with Gasteiger partial charge in [0.1, 0.15) is 0 Å². The van der Waals surface area contributed by atoms with Gasteiger partial charge < -0.3 is 8.97 Å². The molecule has 1 aliphatic rings. The summed E-state index contributed by atoms with van der Waals surface area (Å²) in [5, 5.41) is 11.4. The van der Waals surface area contributed by atoms with E-state index in [0.29, 0.717) is 0 Å². The number of rotatable bonds is 2. The van der Waals surface area contributed by atoms with Crippen LogP contribution in [0.5, 0.6) is 0 Å². The third-order valence-electron chi connectivity index (χ3n) is 10.7. The first kappa shape index (κ1) is 24.3. The molecule has 0 aliphatic heterocycles. The van der Waals surface area contributed by atoms with E-state index < -0.39 is 0 Å². The predicted molar refractivity (Wildman–Crippen MR) is 201 cm³/mol. The van der Waals surface area contributed by atoms with Gasteiger partial charge in [0.2, 0.25) is 0 Å². The summed E-state index contributed by atoms with van der Waals surface area (Å²) < 4.78 is 6.31. The Bertz CT molecular complexity index is 3100. The van der Waals surface area contributed by atoms with Gasteiger partial charge in [-0.3, -0.25) is 0 Å². The van der Waals surface area contributed by atoms with Gasteiger partial charge in [0.05, 0.1) is 38.0 Å². The Morgan fingerprint density at radius 3 is 1.94 bits per heavy atom. The maximum Gasteiger partial charge on any atom is 0.0649 e. The molecule has 3 heteroatoms. The smallest absolute Gasteiger partial charge is 0.0649 e. The van der Waals surface area contributed by atoms with Crippen LogP contribution in [0.3, 0.4) is 0 Å². The molecule has 0 saturated heterocycles. The monoisotopic (exact) mass is 612 g/mol. The van der Waals surface area contributed by atoms with E-state index in [-0.39, 0.29) is 0 Å². The van der Waals surface area contributed by atoms with Crippen molar-refractivity contribution in [2.75, 3.05) is 0 Å². The summed E-state index contributed by atoms with van der Waals surface area (Å²) in [7, 11) is 0. The minimum Gasteiger partial charge on any atom is -0.309 e. The topological polar surface area (TPSA) is 9.34 Å². The highest BCUT2D eigenvalue weighted by atomic mass is 32.1. The van der Waals surface area contributed by atoms with Crippen molar-refractivity contribution >= 4 is 81.3 Å². The number of fused-ring (bicyclic) bond motifs is 12. The van der Waals surface area contributed by atoms with Crippen LogP contribution in [0.15, 0.2) is 145 Å². The largest absolute Gasteiger partial charge is 0.309 e. The van der Waals surface area contributed by atoms with E-state index in [1.165, 1.54) is 109 Å². The Balaban J connectivity index is 1.13. The van der Waals surface area contributed by atoms with Gasteiger partial charge in [-0.05, 0) is 92.7 Å². The van der Waals surface area contributed by atoms with Gasteiger partial charge in [-0.2, -0.15) is 0 Å². The van der Waals surface area contributed by atoms with E-state index in [1.807, 2.05) is 11.3 Å². The van der Waals surface area contributed by atoms with E-state index in [1.54, 1.807) is 0 Å². The molecule has 0 bridgehead atoms. The van der Waals surface area contributed by atoms with Crippen LogP contribution in [0.1, 0.15) is 0 Å². The summed E-state index contributed by atoms with van der Waals surface area (Å²) in [4.78, 5) is 0. The van der Waals surface area contributed by atoms with Crippen LogP contribution in [0.25, 0.3) is 109 Å². The zero-order chi connectivity index (χ0) is 30.4. The van der Waals surface area contributed by atoms with Gasteiger partial charge in [0.25, 0.3) is 0 Å². The maximum absolute atomic E-state index is 2.48. The first-order valence-electron chi connectivity index (χ1n) is 16.2. The van der Waals surface area contributed by atoms with Gasteiger partial charge >= 0.3 is 0 Å². The molecule has 0 unspecified atom stereocenters. The molecule has 0 atom stereocenters. The summed E-state index contributed by atoms with van der Waals surface area (Å²) in [5.74, 6) is 0. The van der Waals surface area contributed by atoms with Gasteiger partial charge in [0, 0.05) is 32.3 Å². The highest BCUT2D eigenvalue weighted by Crippen LogP contribution is 2.49. The molecule has 0 spiro atoms. The van der Waals surface area contributed by atoms with Crippen molar-refractivity contribution in [3.63, 3.8) is 0 Å². The number of benzene rings is 7. The molecule has 216 valence electrons. The van der Waals surface area contributed by atoms with E-state index in [0.717, 1.165) is 0 Å². The number of nitrogens with zero attached hydrogens (tertiary/aromatic N) is 2. The van der Waals surface area contributed by atoms with Crippen LogP contribution in [0, 0.1) is 0 Å². The molecule has 4 aromatic heterocycles. The molecule has 0 fully saturated rings. The average Bonchev–Trinajstić information content (AvgIpc) is 3.93. The molecule has 7 aromatic carbocycles. The van der Waals surface area contributed by atoms with Gasteiger partial charge in [-0.1, -0.05) is 91.0 Å². The van der Waals surface area contributed by atoms with Crippen LogP contribution in [0.4, 0.5) is 0 Å².